The molecule has 1 unspecified atom stereocenters. The second-order valence-corrected chi connectivity index (χ2v) is 4.83. The average Bonchev–Trinajstić information content (AvgIpc) is 2.31. The van der Waals surface area contributed by atoms with Crippen LogP contribution in [0.15, 0.2) is 24.3 Å². The third-order valence-corrected chi connectivity index (χ3v) is 2.66. The predicted molar refractivity (Wildman–Crippen MR) is 72.0 cm³/mol. The molecular weight excluding hydrogens is 275 g/mol. The highest BCUT2D eigenvalue weighted by Crippen LogP contribution is 2.09. The van der Waals surface area contributed by atoms with E-state index in [1.54, 1.807) is 12.1 Å². The number of rotatable bonds is 4. The summed E-state index contributed by atoms with van der Waals surface area (Å²) in [6.07, 6.45) is 0.662. The standard InChI is InChI=1S/C12H14Cl2N2O2/c1-8(13)11(17)16-12(18)15-7-6-9-2-4-10(14)5-3-9/h2-5,8H,6-7H2,1H3,(H2,15,16,17,18). The van der Waals surface area contributed by atoms with E-state index in [0.29, 0.717) is 18.0 Å². The van der Waals surface area contributed by atoms with Gasteiger partial charge in [-0.25, -0.2) is 4.79 Å². The van der Waals surface area contributed by atoms with Gasteiger partial charge in [-0.05, 0) is 31.0 Å². The maximum absolute atomic E-state index is 11.3. The summed E-state index contributed by atoms with van der Waals surface area (Å²) in [5.41, 5.74) is 1.05. The Morgan fingerprint density at radius 3 is 2.44 bits per heavy atom. The van der Waals surface area contributed by atoms with Gasteiger partial charge in [0.05, 0.1) is 0 Å². The first-order valence-corrected chi connectivity index (χ1v) is 6.27. The molecule has 0 aliphatic rings. The van der Waals surface area contributed by atoms with Crippen LogP contribution in [0.5, 0.6) is 0 Å². The summed E-state index contributed by atoms with van der Waals surface area (Å²) in [5.74, 6) is -0.513. The van der Waals surface area contributed by atoms with E-state index in [2.05, 4.69) is 10.6 Å². The zero-order valence-electron chi connectivity index (χ0n) is 9.87. The van der Waals surface area contributed by atoms with Gasteiger partial charge in [0.25, 0.3) is 0 Å². The topological polar surface area (TPSA) is 58.2 Å². The third kappa shape index (κ3) is 5.38. The second-order valence-electron chi connectivity index (χ2n) is 3.74. The minimum absolute atomic E-state index is 0.428. The molecule has 3 amide bonds. The molecule has 0 aliphatic heterocycles. The molecule has 0 fully saturated rings. The van der Waals surface area contributed by atoms with Crippen LogP contribution in [-0.4, -0.2) is 23.9 Å². The minimum Gasteiger partial charge on any atom is -0.337 e. The van der Waals surface area contributed by atoms with Crippen LogP contribution in [0.2, 0.25) is 5.02 Å². The van der Waals surface area contributed by atoms with Crippen LogP contribution >= 0.6 is 23.2 Å². The predicted octanol–water partition coefficient (Wildman–Crippen LogP) is 2.34. The van der Waals surface area contributed by atoms with Crippen LogP contribution in [0.1, 0.15) is 12.5 Å². The number of carbonyl (C=O) groups is 2. The van der Waals surface area contributed by atoms with Crippen molar-refractivity contribution in [1.29, 1.82) is 0 Å². The smallest absolute Gasteiger partial charge is 0.321 e. The molecule has 1 aromatic rings. The van der Waals surface area contributed by atoms with Crippen LogP contribution in [0.25, 0.3) is 0 Å². The molecule has 4 nitrogen and oxygen atoms in total. The van der Waals surface area contributed by atoms with E-state index in [4.69, 9.17) is 23.2 Å². The molecule has 2 N–H and O–H groups in total. The summed E-state index contributed by atoms with van der Waals surface area (Å²) in [7, 11) is 0. The van der Waals surface area contributed by atoms with Gasteiger partial charge < -0.3 is 5.32 Å². The number of halogens is 2. The summed E-state index contributed by atoms with van der Waals surface area (Å²) in [5, 5.41) is 4.64. The number of alkyl halides is 1. The van der Waals surface area contributed by atoms with Crippen molar-refractivity contribution < 1.29 is 9.59 Å². The Labute approximate surface area is 116 Å². The Morgan fingerprint density at radius 2 is 1.89 bits per heavy atom. The van der Waals surface area contributed by atoms with Gasteiger partial charge in [-0.1, -0.05) is 23.7 Å². The van der Waals surface area contributed by atoms with E-state index in [0.717, 1.165) is 5.56 Å². The van der Waals surface area contributed by atoms with Gasteiger partial charge in [-0.2, -0.15) is 0 Å². The zero-order chi connectivity index (χ0) is 13.5. The van der Waals surface area contributed by atoms with Crippen LogP contribution in [0.4, 0.5) is 4.79 Å². The van der Waals surface area contributed by atoms with Gasteiger partial charge in [0.15, 0.2) is 0 Å². The number of benzene rings is 1. The monoisotopic (exact) mass is 288 g/mol. The van der Waals surface area contributed by atoms with Crippen molar-refractivity contribution in [3.63, 3.8) is 0 Å². The number of hydrogen-bond acceptors (Lipinski definition) is 2. The van der Waals surface area contributed by atoms with Gasteiger partial charge in [0.1, 0.15) is 5.38 Å². The molecule has 1 atom stereocenters. The number of imide groups is 1. The van der Waals surface area contributed by atoms with Gasteiger partial charge in [-0.15, -0.1) is 11.6 Å². The lowest BCUT2D eigenvalue weighted by molar-refractivity contribution is -0.119. The molecule has 0 radical (unpaired) electrons. The van der Waals surface area contributed by atoms with Crippen molar-refractivity contribution >= 4 is 35.1 Å². The lowest BCUT2D eigenvalue weighted by Crippen LogP contribution is -2.42. The number of amides is 3. The number of urea groups is 1. The van der Waals surface area contributed by atoms with Gasteiger partial charge in [0.2, 0.25) is 5.91 Å². The minimum atomic E-state index is -0.730. The Kier molecular flexibility index (Phi) is 5.95. The second kappa shape index (κ2) is 7.24. The summed E-state index contributed by atoms with van der Waals surface area (Å²) in [6, 6.07) is 6.80. The van der Waals surface area contributed by atoms with Crippen molar-refractivity contribution in [1.82, 2.24) is 10.6 Å². The summed E-state index contributed by atoms with van der Waals surface area (Å²) in [4.78, 5) is 22.4. The Morgan fingerprint density at radius 1 is 1.28 bits per heavy atom. The fourth-order valence-electron chi connectivity index (χ4n) is 1.23. The quantitative estimate of drug-likeness (QED) is 0.836. The Balaban J connectivity index is 2.27. The average molecular weight is 289 g/mol. The molecule has 18 heavy (non-hydrogen) atoms. The van der Waals surface area contributed by atoms with Crippen LogP contribution in [-0.2, 0) is 11.2 Å². The van der Waals surface area contributed by atoms with Crippen LogP contribution in [0, 0.1) is 0 Å². The fourth-order valence-corrected chi connectivity index (χ4v) is 1.41. The maximum atomic E-state index is 11.3. The van der Waals surface area contributed by atoms with E-state index in [9.17, 15) is 9.59 Å². The highest BCUT2D eigenvalue weighted by molar-refractivity contribution is 6.31. The Hall–Kier alpha value is -1.26. The summed E-state index contributed by atoms with van der Waals surface area (Å²) in [6.45, 7) is 1.93. The third-order valence-electron chi connectivity index (χ3n) is 2.21. The molecule has 0 bridgehead atoms. The first kappa shape index (κ1) is 14.8. The lowest BCUT2D eigenvalue weighted by atomic mass is 10.1. The molecule has 0 spiro atoms. The number of carbonyl (C=O) groups excluding carboxylic acids is 2. The molecular formula is C12H14Cl2N2O2. The van der Waals surface area contributed by atoms with Crippen molar-refractivity contribution in [3.05, 3.63) is 34.9 Å². The molecule has 0 saturated heterocycles. The van der Waals surface area contributed by atoms with Crippen molar-refractivity contribution in [2.24, 2.45) is 0 Å². The van der Waals surface area contributed by atoms with E-state index >= 15 is 0 Å². The maximum Gasteiger partial charge on any atom is 0.321 e. The largest absolute Gasteiger partial charge is 0.337 e. The summed E-state index contributed by atoms with van der Waals surface area (Å²) < 4.78 is 0. The van der Waals surface area contributed by atoms with E-state index in [-0.39, 0.29) is 0 Å². The van der Waals surface area contributed by atoms with Gasteiger partial charge >= 0.3 is 6.03 Å². The lowest BCUT2D eigenvalue weighted by Gasteiger charge is -2.07. The molecule has 1 aromatic carbocycles. The highest BCUT2D eigenvalue weighted by atomic mass is 35.5. The highest BCUT2D eigenvalue weighted by Gasteiger charge is 2.12. The van der Waals surface area contributed by atoms with Crippen LogP contribution in [0.3, 0.4) is 0 Å². The van der Waals surface area contributed by atoms with Crippen molar-refractivity contribution in [3.8, 4) is 0 Å². The van der Waals surface area contributed by atoms with Crippen molar-refractivity contribution in [2.45, 2.75) is 18.7 Å². The van der Waals surface area contributed by atoms with Crippen molar-refractivity contribution in [2.75, 3.05) is 6.54 Å². The fraction of sp³-hybridized carbons (Fsp3) is 0.333. The SMILES string of the molecule is CC(Cl)C(=O)NC(=O)NCCc1ccc(Cl)cc1. The molecule has 98 valence electrons. The normalized spacial score (nSPS) is 11.7. The zero-order valence-corrected chi connectivity index (χ0v) is 11.4. The number of nitrogens with one attached hydrogen (secondary N) is 2. The Bertz CT molecular complexity index is 419. The van der Waals surface area contributed by atoms with Gasteiger partial charge in [0, 0.05) is 11.6 Å². The first-order valence-electron chi connectivity index (χ1n) is 5.46. The van der Waals surface area contributed by atoms with Gasteiger partial charge in [-0.3, -0.25) is 10.1 Å². The van der Waals surface area contributed by atoms with E-state index < -0.39 is 17.3 Å². The van der Waals surface area contributed by atoms with E-state index in [1.165, 1.54) is 6.92 Å². The number of hydrogen-bond donors (Lipinski definition) is 2. The summed E-state index contributed by atoms with van der Waals surface area (Å²) >= 11 is 11.3. The molecule has 0 aromatic heterocycles. The molecule has 0 saturated carbocycles. The molecule has 0 aliphatic carbocycles. The molecule has 6 heteroatoms. The molecule has 0 heterocycles. The first-order chi connectivity index (χ1) is 8.49. The molecule has 1 rings (SSSR count). The van der Waals surface area contributed by atoms with E-state index in [1.807, 2.05) is 12.1 Å². The van der Waals surface area contributed by atoms with Crippen LogP contribution < -0.4 is 10.6 Å².